The average molecular weight is 340 g/mol. The molecule has 3 amide bonds. The molecule has 1 aromatic rings. The van der Waals surface area contributed by atoms with Gasteiger partial charge in [0.2, 0.25) is 0 Å². The van der Waals surface area contributed by atoms with E-state index in [0.29, 0.717) is 32.8 Å². The maximum atomic E-state index is 11.9. The fourth-order valence-electron chi connectivity index (χ4n) is 2.37. The van der Waals surface area contributed by atoms with E-state index >= 15 is 0 Å². The van der Waals surface area contributed by atoms with Crippen molar-refractivity contribution in [3.8, 4) is 0 Å². The molecule has 1 aromatic heterocycles. The summed E-state index contributed by atoms with van der Waals surface area (Å²) in [4.78, 5) is 28.5. The molecule has 0 radical (unpaired) electrons. The van der Waals surface area contributed by atoms with Crippen LogP contribution in [0.1, 0.15) is 9.67 Å². The molecule has 0 aromatic carbocycles. The number of hydrogen-bond donors (Lipinski definition) is 2. The molecule has 0 aliphatic carbocycles. The van der Waals surface area contributed by atoms with Gasteiger partial charge in [-0.05, 0) is 11.4 Å². The van der Waals surface area contributed by atoms with Crippen LogP contribution in [0.25, 0.3) is 0 Å². The lowest BCUT2D eigenvalue weighted by Crippen LogP contribution is -2.53. The largest absolute Gasteiger partial charge is 0.383 e. The van der Waals surface area contributed by atoms with Crippen molar-refractivity contribution in [2.45, 2.75) is 0 Å². The summed E-state index contributed by atoms with van der Waals surface area (Å²) in [5, 5.41) is 7.65. The smallest absolute Gasteiger partial charge is 0.317 e. The van der Waals surface area contributed by atoms with Gasteiger partial charge < -0.3 is 20.3 Å². The summed E-state index contributed by atoms with van der Waals surface area (Å²) >= 11 is 1.44. The number of carbonyl (C=O) groups is 2. The lowest BCUT2D eigenvalue weighted by atomic mass is 10.3. The van der Waals surface area contributed by atoms with Crippen LogP contribution in [0.3, 0.4) is 0 Å². The lowest BCUT2D eigenvalue weighted by Gasteiger charge is -2.34. The van der Waals surface area contributed by atoms with E-state index in [1.54, 1.807) is 7.11 Å². The van der Waals surface area contributed by atoms with Crippen LogP contribution in [0.5, 0.6) is 0 Å². The Morgan fingerprint density at radius 2 is 2.00 bits per heavy atom. The van der Waals surface area contributed by atoms with Gasteiger partial charge in [-0.25, -0.2) is 4.79 Å². The minimum Gasteiger partial charge on any atom is -0.383 e. The zero-order valence-electron chi connectivity index (χ0n) is 13.4. The third kappa shape index (κ3) is 5.81. The van der Waals surface area contributed by atoms with Crippen molar-refractivity contribution in [1.82, 2.24) is 20.4 Å². The van der Waals surface area contributed by atoms with Gasteiger partial charge in [-0.1, -0.05) is 6.07 Å². The lowest BCUT2D eigenvalue weighted by molar-refractivity contribution is 0.0945. The minimum atomic E-state index is -0.0345. The molecule has 0 spiro atoms. The van der Waals surface area contributed by atoms with E-state index in [1.807, 2.05) is 22.4 Å². The quantitative estimate of drug-likeness (QED) is 0.707. The second kappa shape index (κ2) is 9.49. The second-order valence-electron chi connectivity index (χ2n) is 5.29. The number of rotatable bonds is 7. The van der Waals surface area contributed by atoms with Gasteiger partial charge in [0.1, 0.15) is 0 Å². The van der Waals surface area contributed by atoms with E-state index in [-0.39, 0.29) is 11.9 Å². The predicted molar refractivity (Wildman–Crippen MR) is 89.9 cm³/mol. The maximum Gasteiger partial charge on any atom is 0.317 e. The molecule has 1 aliphatic rings. The van der Waals surface area contributed by atoms with Crippen molar-refractivity contribution in [2.24, 2.45) is 0 Å². The zero-order chi connectivity index (χ0) is 16.5. The van der Waals surface area contributed by atoms with Crippen LogP contribution in [0.15, 0.2) is 17.5 Å². The van der Waals surface area contributed by atoms with Crippen LogP contribution in [-0.4, -0.2) is 81.3 Å². The van der Waals surface area contributed by atoms with E-state index in [4.69, 9.17) is 4.74 Å². The van der Waals surface area contributed by atoms with Crippen molar-refractivity contribution < 1.29 is 14.3 Å². The fraction of sp³-hybridized carbons (Fsp3) is 0.600. The molecule has 2 heterocycles. The molecule has 128 valence electrons. The fourth-order valence-corrected chi connectivity index (χ4v) is 3.01. The van der Waals surface area contributed by atoms with E-state index < -0.39 is 0 Å². The number of piperazine rings is 1. The normalized spacial score (nSPS) is 15.4. The van der Waals surface area contributed by atoms with Gasteiger partial charge in [0.05, 0.1) is 11.5 Å². The molecule has 1 fully saturated rings. The van der Waals surface area contributed by atoms with E-state index in [1.165, 1.54) is 11.3 Å². The van der Waals surface area contributed by atoms with Crippen LogP contribution in [0.4, 0.5) is 4.79 Å². The number of nitrogens with one attached hydrogen (secondary N) is 2. The molecule has 8 heteroatoms. The molecular formula is C15H24N4O3S. The van der Waals surface area contributed by atoms with Crippen LogP contribution in [0.2, 0.25) is 0 Å². The number of hydrogen-bond acceptors (Lipinski definition) is 5. The van der Waals surface area contributed by atoms with Crippen molar-refractivity contribution in [2.75, 3.05) is 59.5 Å². The Bertz CT molecular complexity index is 487. The van der Waals surface area contributed by atoms with Gasteiger partial charge in [0.15, 0.2) is 0 Å². The molecule has 0 unspecified atom stereocenters. The van der Waals surface area contributed by atoms with Gasteiger partial charge in [-0.15, -0.1) is 11.3 Å². The topological polar surface area (TPSA) is 73.9 Å². The Hall–Kier alpha value is -1.64. The summed E-state index contributed by atoms with van der Waals surface area (Å²) < 4.78 is 4.91. The number of amides is 3. The molecule has 23 heavy (non-hydrogen) atoms. The van der Waals surface area contributed by atoms with Crippen LogP contribution in [0, 0.1) is 0 Å². The summed E-state index contributed by atoms with van der Waals surface area (Å²) in [6, 6.07) is 3.66. The molecular weight excluding hydrogens is 316 g/mol. The number of carbonyl (C=O) groups excluding carboxylic acids is 2. The van der Waals surface area contributed by atoms with Crippen molar-refractivity contribution in [3.63, 3.8) is 0 Å². The van der Waals surface area contributed by atoms with Gasteiger partial charge in [-0.3, -0.25) is 9.69 Å². The highest BCUT2D eigenvalue weighted by Crippen LogP contribution is 2.07. The first kappa shape index (κ1) is 17.7. The molecule has 0 atom stereocenters. The first-order valence-electron chi connectivity index (χ1n) is 7.76. The van der Waals surface area contributed by atoms with Crippen LogP contribution in [-0.2, 0) is 4.74 Å². The second-order valence-corrected chi connectivity index (χ2v) is 6.23. The minimum absolute atomic E-state index is 0.0174. The predicted octanol–water partition coefficient (Wildman–Crippen LogP) is 0.452. The van der Waals surface area contributed by atoms with E-state index in [0.717, 1.165) is 24.5 Å². The first-order valence-corrected chi connectivity index (χ1v) is 8.64. The highest BCUT2D eigenvalue weighted by atomic mass is 32.1. The summed E-state index contributed by atoms with van der Waals surface area (Å²) in [7, 11) is 1.61. The highest BCUT2D eigenvalue weighted by molar-refractivity contribution is 7.12. The molecule has 0 saturated carbocycles. The summed E-state index contributed by atoms with van der Waals surface area (Å²) in [5.41, 5.74) is 0. The monoisotopic (exact) mass is 340 g/mol. The Labute approximate surface area is 140 Å². The summed E-state index contributed by atoms with van der Waals surface area (Å²) in [6.07, 6.45) is 0. The van der Waals surface area contributed by atoms with Gasteiger partial charge in [-0.2, -0.15) is 0 Å². The van der Waals surface area contributed by atoms with Crippen molar-refractivity contribution in [1.29, 1.82) is 0 Å². The van der Waals surface area contributed by atoms with E-state index in [9.17, 15) is 9.59 Å². The Morgan fingerprint density at radius 1 is 1.22 bits per heavy atom. The van der Waals surface area contributed by atoms with Crippen molar-refractivity contribution in [3.05, 3.63) is 22.4 Å². The standard InChI is InChI=1S/C15H24N4O3S/c1-22-11-5-17-15(21)19-9-7-18(8-10-19)6-4-16-14(20)13-3-2-12-23-13/h2-3,12H,4-11H2,1H3,(H,16,20)(H,17,21). The number of nitrogens with zero attached hydrogens (tertiary/aromatic N) is 2. The van der Waals surface area contributed by atoms with Crippen LogP contribution >= 0.6 is 11.3 Å². The van der Waals surface area contributed by atoms with Gasteiger partial charge in [0, 0.05) is 52.9 Å². The maximum absolute atomic E-state index is 11.9. The molecule has 1 saturated heterocycles. The average Bonchev–Trinajstić information content (AvgIpc) is 3.10. The number of thiophene rings is 1. The summed E-state index contributed by atoms with van der Waals surface area (Å²) in [6.45, 7) is 5.54. The van der Waals surface area contributed by atoms with E-state index in [2.05, 4.69) is 15.5 Å². The number of urea groups is 1. The Morgan fingerprint density at radius 3 is 2.65 bits per heavy atom. The number of ether oxygens (including phenoxy) is 1. The first-order chi connectivity index (χ1) is 11.2. The molecule has 0 bridgehead atoms. The molecule has 1 aliphatic heterocycles. The third-order valence-corrected chi connectivity index (χ3v) is 4.57. The molecule has 7 nitrogen and oxygen atoms in total. The van der Waals surface area contributed by atoms with Gasteiger partial charge >= 0.3 is 6.03 Å². The zero-order valence-corrected chi connectivity index (χ0v) is 14.2. The van der Waals surface area contributed by atoms with Gasteiger partial charge in [0.25, 0.3) is 5.91 Å². The molecule has 2 rings (SSSR count). The van der Waals surface area contributed by atoms with Crippen molar-refractivity contribution >= 4 is 23.3 Å². The number of methoxy groups -OCH3 is 1. The highest BCUT2D eigenvalue weighted by Gasteiger charge is 2.20. The third-order valence-electron chi connectivity index (χ3n) is 3.70. The Kier molecular flexibility index (Phi) is 7.31. The SMILES string of the molecule is COCCNC(=O)N1CCN(CCNC(=O)c2cccs2)CC1. The van der Waals surface area contributed by atoms with Crippen LogP contribution < -0.4 is 10.6 Å². The molecule has 2 N–H and O–H groups in total. The summed E-state index contributed by atoms with van der Waals surface area (Å²) in [5.74, 6) is -0.0174. The Balaban J connectivity index is 1.59.